The van der Waals surface area contributed by atoms with Crippen molar-refractivity contribution in [1.29, 1.82) is 0 Å². The SMILES string of the molecule is Cc1cc(C(=O)Nc2cc(CC(=O)O)ccc2F)c(C)cc1OC[C@@H]1CN(C)c2ccccc2O1. The molecule has 3 aromatic rings. The van der Waals surface area contributed by atoms with Gasteiger partial charge >= 0.3 is 5.97 Å². The summed E-state index contributed by atoms with van der Waals surface area (Å²) >= 11 is 0. The van der Waals surface area contributed by atoms with Crippen LogP contribution in [-0.2, 0) is 11.2 Å². The van der Waals surface area contributed by atoms with E-state index in [1.54, 1.807) is 19.1 Å². The van der Waals surface area contributed by atoms with Crippen LogP contribution in [0.5, 0.6) is 11.5 Å². The van der Waals surface area contributed by atoms with Gasteiger partial charge in [0, 0.05) is 12.6 Å². The molecule has 0 unspecified atom stereocenters. The van der Waals surface area contributed by atoms with Crippen LogP contribution < -0.4 is 19.7 Å². The third kappa shape index (κ3) is 5.54. The Labute approximate surface area is 203 Å². The topological polar surface area (TPSA) is 88.1 Å². The first kappa shape index (κ1) is 24.1. The number of amides is 1. The van der Waals surface area contributed by atoms with Crippen LogP contribution in [0.15, 0.2) is 54.6 Å². The van der Waals surface area contributed by atoms with Crippen LogP contribution >= 0.6 is 0 Å². The number of carbonyl (C=O) groups excluding carboxylic acids is 1. The summed E-state index contributed by atoms with van der Waals surface area (Å²) in [7, 11) is 2.01. The van der Waals surface area contributed by atoms with E-state index in [1.807, 2.05) is 38.2 Å². The largest absolute Gasteiger partial charge is 0.489 e. The van der Waals surface area contributed by atoms with Gasteiger partial charge in [0.15, 0.2) is 0 Å². The van der Waals surface area contributed by atoms with E-state index in [9.17, 15) is 14.0 Å². The molecule has 1 heterocycles. The van der Waals surface area contributed by atoms with Gasteiger partial charge in [-0.1, -0.05) is 18.2 Å². The fraction of sp³-hybridized carbons (Fsp3) is 0.259. The number of aliphatic carboxylic acids is 1. The number of carboxylic acids is 1. The second-order valence-electron chi connectivity index (χ2n) is 8.67. The van der Waals surface area contributed by atoms with E-state index >= 15 is 0 Å². The predicted octanol–water partition coefficient (Wildman–Crippen LogP) is 4.60. The molecule has 1 aliphatic rings. The number of nitrogens with one attached hydrogen (secondary N) is 1. The summed E-state index contributed by atoms with van der Waals surface area (Å²) in [5.74, 6) is -0.711. The number of ether oxygens (including phenoxy) is 2. The molecule has 1 atom stereocenters. The Morgan fingerprint density at radius 3 is 2.69 bits per heavy atom. The number of fused-ring (bicyclic) bond motifs is 1. The molecular weight excluding hydrogens is 451 g/mol. The van der Waals surface area contributed by atoms with E-state index in [0.29, 0.717) is 35.6 Å². The Morgan fingerprint density at radius 1 is 1.14 bits per heavy atom. The highest BCUT2D eigenvalue weighted by Crippen LogP contribution is 2.32. The Kier molecular flexibility index (Phi) is 6.91. The summed E-state index contributed by atoms with van der Waals surface area (Å²) in [4.78, 5) is 26.0. The molecule has 0 spiro atoms. The number of benzene rings is 3. The molecule has 35 heavy (non-hydrogen) atoms. The lowest BCUT2D eigenvalue weighted by Gasteiger charge is -2.33. The zero-order valence-electron chi connectivity index (χ0n) is 19.8. The molecule has 1 aliphatic heterocycles. The fourth-order valence-corrected chi connectivity index (χ4v) is 4.09. The number of carboxylic acid groups (broad SMARTS) is 1. The highest BCUT2D eigenvalue weighted by Gasteiger charge is 2.24. The van der Waals surface area contributed by atoms with E-state index in [1.165, 1.54) is 12.1 Å². The van der Waals surface area contributed by atoms with Crippen molar-refractivity contribution in [2.75, 3.05) is 30.4 Å². The molecule has 0 fully saturated rings. The van der Waals surface area contributed by atoms with Gasteiger partial charge in [-0.2, -0.15) is 0 Å². The van der Waals surface area contributed by atoms with E-state index in [0.717, 1.165) is 23.1 Å². The van der Waals surface area contributed by atoms with Crippen LogP contribution in [-0.4, -0.2) is 43.3 Å². The Hall–Kier alpha value is -4.07. The van der Waals surface area contributed by atoms with Gasteiger partial charge in [0.1, 0.15) is 30.0 Å². The van der Waals surface area contributed by atoms with Crippen LogP contribution in [0, 0.1) is 19.7 Å². The minimum absolute atomic E-state index is 0.0648. The number of anilines is 2. The Bertz CT molecular complexity index is 1280. The molecule has 0 saturated carbocycles. The molecule has 8 heteroatoms. The Balaban J connectivity index is 1.44. The first-order valence-corrected chi connectivity index (χ1v) is 11.2. The first-order valence-electron chi connectivity index (χ1n) is 11.2. The number of hydrogen-bond acceptors (Lipinski definition) is 5. The van der Waals surface area contributed by atoms with Gasteiger partial charge in [-0.3, -0.25) is 9.59 Å². The van der Waals surface area contributed by atoms with Gasteiger partial charge in [-0.05, 0) is 66.9 Å². The monoisotopic (exact) mass is 478 g/mol. The number of para-hydroxylation sites is 2. The zero-order chi connectivity index (χ0) is 25.1. The van der Waals surface area contributed by atoms with Gasteiger partial charge in [0.2, 0.25) is 0 Å². The van der Waals surface area contributed by atoms with Gasteiger partial charge in [-0.15, -0.1) is 0 Å². The smallest absolute Gasteiger partial charge is 0.307 e. The second kappa shape index (κ2) is 10.0. The third-order valence-electron chi connectivity index (χ3n) is 5.87. The number of likely N-dealkylation sites (N-methyl/N-ethyl adjacent to an activating group) is 1. The van der Waals surface area contributed by atoms with E-state index in [2.05, 4.69) is 10.2 Å². The minimum atomic E-state index is -1.04. The number of aryl methyl sites for hydroxylation is 2. The highest BCUT2D eigenvalue weighted by atomic mass is 19.1. The summed E-state index contributed by atoms with van der Waals surface area (Å²) in [6.07, 6.45) is -0.419. The number of halogens is 1. The van der Waals surface area contributed by atoms with Crippen molar-refractivity contribution >= 4 is 23.3 Å². The normalized spacial score (nSPS) is 14.6. The average molecular weight is 479 g/mol. The van der Waals surface area contributed by atoms with Crippen molar-refractivity contribution in [3.63, 3.8) is 0 Å². The third-order valence-corrected chi connectivity index (χ3v) is 5.87. The molecule has 3 aromatic carbocycles. The van der Waals surface area contributed by atoms with Crippen LogP contribution in [0.25, 0.3) is 0 Å². The average Bonchev–Trinajstić information content (AvgIpc) is 2.81. The van der Waals surface area contributed by atoms with E-state index in [-0.39, 0.29) is 18.2 Å². The molecule has 0 bridgehead atoms. The van der Waals surface area contributed by atoms with Crippen LogP contribution in [0.4, 0.5) is 15.8 Å². The highest BCUT2D eigenvalue weighted by molar-refractivity contribution is 6.05. The summed E-state index contributed by atoms with van der Waals surface area (Å²) in [6, 6.07) is 15.2. The van der Waals surface area contributed by atoms with E-state index < -0.39 is 17.7 Å². The van der Waals surface area contributed by atoms with Gasteiger partial charge in [0.05, 0.1) is 24.3 Å². The van der Waals surface area contributed by atoms with Crippen molar-refractivity contribution in [3.05, 3.63) is 82.7 Å². The van der Waals surface area contributed by atoms with Gasteiger partial charge < -0.3 is 24.8 Å². The standard InChI is InChI=1S/C27H27FN2O5/c1-16-11-25(34-15-19-14-30(3)23-6-4-5-7-24(23)35-19)17(2)10-20(16)27(33)29-22-12-18(13-26(31)32)8-9-21(22)28/h4-12,19H,13-15H2,1-3H3,(H,29,33)(H,31,32)/t19-/m0/s1. The molecule has 4 rings (SSSR count). The summed E-state index contributed by atoms with van der Waals surface area (Å²) in [6.45, 7) is 4.64. The summed E-state index contributed by atoms with van der Waals surface area (Å²) in [5.41, 5.74) is 3.16. The number of carbonyl (C=O) groups is 2. The molecular formula is C27H27FN2O5. The maximum atomic E-state index is 14.2. The lowest BCUT2D eigenvalue weighted by Crippen LogP contribution is -2.41. The number of nitrogens with zero attached hydrogens (tertiary/aromatic N) is 1. The first-order chi connectivity index (χ1) is 16.7. The van der Waals surface area contributed by atoms with E-state index in [4.69, 9.17) is 14.6 Å². The number of hydrogen-bond donors (Lipinski definition) is 2. The molecule has 7 nitrogen and oxygen atoms in total. The summed E-state index contributed by atoms with van der Waals surface area (Å²) < 4.78 is 26.3. The summed E-state index contributed by atoms with van der Waals surface area (Å²) in [5, 5.41) is 11.5. The minimum Gasteiger partial charge on any atom is -0.489 e. The quantitative estimate of drug-likeness (QED) is 0.516. The van der Waals surface area contributed by atoms with Gasteiger partial charge in [0.25, 0.3) is 5.91 Å². The van der Waals surface area contributed by atoms with Crippen molar-refractivity contribution in [2.45, 2.75) is 26.4 Å². The molecule has 0 aromatic heterocycles. The Morgan fingerprint density at radius 2 is 1.91 bits per heavy atom. The molecule has 182 valence electrons. The molecule has 0 saturated heterocycles. The fourth-order valence-electron chi connectivity index (χ4n) is 4.09. The van der Waals surface area contributed by atoms with Crippen molar-refractivity contribution in [1.82, 2.24) is 0 Å². The number of rotatable bonds is 7. The molecule has 0 radical (unpaired) electrons. The van der Waals surface area contributed by atoms with Crippen LogP contribution in [0.3, 0.4) is 0 Å². The predicted molar refractivity (Wildman–Crippen MR) is 131 cm³/mol. The van der Waals surface area contributed by atoms with Crippen molar-refractivity contribution in [3.8, 4) is 11.5 Å². The van der Waals surface area contributed by atoms with Crippen LogP contribution in [0.1, 0.15) is 27.0 Å². The van der Waals surface area contributed by atoms with Crippen molar-refractivity contribution in [2.24, 2.45) is 0 Å². The molecule has 1 amide bonds. The second-order valence-corrected chi connectivity index (χ2v) is 8.67. The van der Waals surface area contributed by atoms with Crippen molar-refractivity contribution < 1.29 is 28.6 Å². The maximum absolute atomic E-state index is 14.2. The van der Waals surface area contributed by atoms with Gasteiger partial charge in [-0.25, -0.2) is 4.39 Å². The van der Waals surface area contributed by atoms with Crippen LogP contribution in [0.2, 0.25) is 0 Å². The molecule has 0 aliphatic carbocycles. The maximum Gasteiger partial charge on any atom is 0.307 e. The lowest BCUT2D eigenvalue weighted by atomic mass is 10.0. The lowest BCUT2D eigenvalue weighted by molar-refractivity contribution is -0.136. The molecule has 2 N–H and O–H groups in total. The zero-order valence-corrected chi connectivity index (χ0v) is 19.8.